The summed E-state index contributed by atoms with van der Waals surface area (Å²) in [4.78, 5) is 21.2. The molecular formula is C28H40N4O6. The minimum absolute atomic E-state index is 0.374. The summed E-state index contributed by atoms with van der Waals surface area (Å²) in [7, 11) is 1.72. The Labute approximate surface area is 223 Å². The van der Waals surface area contributed by atoms with Gasteiger partial charge in [0, 0.05) is 51.3 Å². The molecule has 0 atom stereocenters. The van der Waals surface area contributed by atoms with Crippen LogP contribution >= 0.6 is 0 Å². The number of hydrogen-bond acceptors (Lipinski definition) is 8. The van der Waals surface area contributed by atoms with Gasteiger partial charge in [-0.15, -0.1) is 0 Å². The van der Waals surface area contributed by atoms with Crippen LogP contribution in [0.25, 0.3) is 21.9 Å². The van der Waals surface area contributed by atoms with Crippen molar-refractivity contribution >= 4 is 28.0 Å². The summed E-state index contributed by atoms with van der Waals surface area (Å²) in [5, 5.41) is 3.73. The zero-order valence-electron chi connectivity index (χ0n) is 23.0. The van der Waals surface area contributed by atoms with E-state index in [9.17, 15) is 4.79 Å². The van der Waals surface area contributed by atoms with Gasteiger partial charge in [0.05, 0.1) is 37.1 Å². The topological polar surface area (TPSA) is 106 Å². The highest BCUT2D eigenvalue weighted by Gasteiger charge is 2.20. The Kier molecular flexibility index (Phi) is 9.76. The quantitative estimate of drug-likeness (QED) is 0.350. The van der Waals surface area contributed by atoms with E-state index in [1.165, 1.54) is 0 Å². The van der Waals surface area contributed by atoms with E-state index < -0.39 is 11.7 Å². The first-order valence-corrected chi connectivity index (χ1v) is 13.4. The molecule has 1 N–H and O–H groups in total. The number of aromatic nitrogens is 3. The highest BCUT2D eigenvalue weighted by Crippen LogP contribution is 2.30. The molecule has 1 saturated heterocycles. The van der Waals surface area contributed by atoms with E-state index in [-0.39, 0.29) is 0 Å². The monoisotopic (exact) mass is 528 g/mol. The third-order valence-corrected chi connectivity index (χ3v) is 6.35. The largest absolute Gasteiger partial charge is 0.491 e. The van der Waals surface area contributed by atoms with Crippen LogP contribution < -0.4 is 10.1 Å². The second-order valence-electron chi connectivity index (χ2n) is 10.5. The van der Waals surface area contributed by atoms with Gasteiger partial charge in [-0.3, -0.25) is 4.98 Å². The van der Waals surface area contributed by atoms with E-state index in [4.69, 9.17) is 28.7 Å². The normalized spacial score (nSPS) is 14.7. The maximum atomic E-state index is 11.7. The molecule has 0 aliphatic carbocycles. The SMILES string of the molecule is COCCc1nc2cnc3cc(OCCOCCNC(=O)OC(C)(C)C)ccc3c2n1CC1CCOCC1. The first-order chi connectivity index (χ1) is 18.3. The molecule has 1 aliphatic rings. The third-order valence-electron chi connectivity index (χ3n) is 6.35. The zero-order chi connectivity index (χ0) is 27.0. The molecule has 1 amide bonds. The maximum Gasteiger partial charge on any atom is 0.407 e. The van der Waals surface area contributed by atoms with Crippen LogP contribution in [0.15, 0.2) is 24.4 Å². The van der Waals surface area contributed by atoms with Crippen LogP contribution in [0.4, 0.5) is 4.79 Å². The number of nitrogens with zero attached hydrogens (tertiary/aromatic N) is 3. The average Bonchev–Trinajstić information content (AvgIpc) is 3.23. The number of benzene rings is 1. The number of fused-ring (bicyclic) bond motifs is 3. The van der Waals surface area contributed by atoms with Gasteiger partial charge in [0.1, 0.15) is 29.3 Å². The smallest absolute Gasteiger partial charge is 0.407 e. The molecule has 1 fully saturated rings. The molecule has 10 heteroatoms. The number of carbonyl (C=O) groups excluding carboxylic acids is 1. The van der Waals surface area contributed by atoms with Gasteiger partial charge < -0.3 is 33.6 Å². The highest BCUT2D eigenvalue weighted by molar-refractivity contribution is 6.02. The summed E-state index contributed by atoms with van der Waals surface area (Å²) in [6.07, 6.45) is 4.27. The number of hydrogen-bond donors (Lipinski definition) is 1. The summed E-state index contributed by atoms with van der Waals surface area (Å²) in [6, 6.07) is 5.99. The summed E-state index contributed by atoms with van der Waals surface area (Å²) >= 11 is 0. The lowest BCUT2D eigenvalue weighted by Crippen LogP contribution is -2.34. The number of pyridine rings is 1. The van der Waals surface area contributed by atoms with E-state index in [1.54, 1.807) is 7.11 Å². The zero-order valence-corrected chi connectivity index (χ0v) is 23.0. The average molecular weight is 529 g/mol. The van der Waals surface area contributed by atoms with Crippen molar-refractivity contribution in [1.29, 1.82) is 0 Å². The van der Waals surface area contributed by atoms with Crippen molar-refractivity contribution in [3.63, 3.8) is 0 Å². The van der Waals surface area contributed by atoms with Crippen LogP contribution in [0.5, 0.6) is 5.75 Å². The molecule has 0 spiro atoms. The van der Waals surface area contributed by atoms with Crippen LogP contribution in [-0.2, 0) is 31.9 Å². The summed E-state index contributed by atoms with van der Waals surface area (Å²) in [5.41, 5.74) is 2.36. The fraction of sp³-hybridized carbons (Fsp3) is 0.607. The van der Waals surface area contributed by atoms with Gasteiger partial charge in [-0.25, -0.2) is 9.78 Å². The number of carbonyl (C=O) groups is 1. The van der Waals surface area contributed by atoms with E-state index in [0.29, 0.717) is 38.9 Å². The minimum Gasteiger partial charge on any atom is -0.491 e. The van der Waals surface area contributed by atoms with Gasteiger partial charge in [-0.05, 0) is 51.7 Å². The maximum absolute atomic E-state index is 11.7. The molecule has 0 saturated carbocycles. The van der Waals surface area contributed by atoms with Crippen molar-refractivity contribution < 1.29 is 28.5 Å². The fourth-order valence-electron chi connectivity index (χ4n) is 4.56. The number of nitrogens with one attached hydrogen (secondary N) is 1. The summed E-state index contributed by atoms with van der Waals surface area (Å²) in [6.45, 7) is 10.2. The molecule has 2 aromatic heterocycles. The lowest BCUT2D eigenvalue weighted by atomic mass is 10.00. The lowest BCUT2D eigenvalue weighted by molar-refractivity contribution is 0.0489. The van der Waals surface area contributed by atoms with E-state index >= 15 is 0 Å². The second kappa shape index (κ2) is 13.2. The van der Waals surface area contributed by atoms with Crippen molar-refractivity contribution in [3.05, 3.63) is 30.2 Å². The van der Waals surface area contributed by atoms with Gasteiger partial charge in [0.2, 0.25) is 0 Å². The van der Waals surface area contributed by atoms with E-state index in [1.807, 2.05) is 39.1 Å². The molecule has 0 bridgehead atoms. The predicted molar refractivity (Wildman–Crippen MR) is 145 cm³/mol. The van der Waals surface area contributed by atoms with Crippen LogP contribution in [0, 0.1) is 5.92 Å². The summed E-state index contributed by atoms with van der Waals surface area (Å²) in [5.74, 6) is 2.32. The van der Waals surface area contributed by atoms with Crippen LogP contribution in [0.1, 0.15) is 39.4 Å². The second-order valence-corrected chi connectivity index (χ2v) is 10.5. The molecule has 4 rings (SSSR count). The Morgan fingerprint density at radius 2 is 1.95 bits per heavy atom. The van der Waals surface area contributed by atoms with Crippen LogP contribution in [-0.4, -0.2) is 79.5 Å². The first-order valence-electron chi connectivity index (χ1n) is 13.4. The molecule has 10 nitrogen and oxygen atoms in total. The van der Waals surface area contributed by atoms with Crippen molar-refractivity contribution in [2.75, 3.05) is 53.3 Å². The molecule has 0 unspecified atom stereocenters. The molecule has 1 aromatic carbocycles. The van der Waals surface area contributed by atoms with Crippen molar-refractivity contribution in [2.24, 2.45) is 5.92 Å². The molecule has 1 aliphatic heterocycles. The van der Waals surface area contributed by atoms with E-state index in [2.05, 4.69) is 20.9 Å². The van der Waals surface area contributed by atoms with Gasteiger partial charge >= 0.3 is 6.09 Å². The number of methoxy groups -OCH3 is 1. The Morgan fingerprint density at radius 3 is 2.71 bits per heavy atom. The van der Waals surface area contributed by atoms with Gasteiger partial charge in [0.15, 0.2) is 0 Å². The molecule has 0 radical (unpaired) electrons. The number of amides is 1. The Balaban J connectivity index is 1.37. The van der Waals surface area contributed by atoms with Crippen LogP contribution in [0.3, 0.4) is 0 Å². The molecular weight excluding hydrogens is 488 g/mol. The minimum atomic E-state index is -0.518. The summed E-state index contributed by atoms with van der Waals surface area (Å²) < 4.78 is 29.9. The lowest BCUT2D eigenvalue weighted by Gasteiger charge is -2.23. The Hall–Kier alpha value is -2.95. The van der Waals surface area contributed by atoms with Crippen molar-refractivity contribution in [1.82, 2.24) is 19.9 Å². The Morgan fingerprint density at radius 1 is 1.13 bits per heavy atom. The Bertz CT molecular complexity index is 1200. The molecule has 208 valence electrons. The number of rotatable bonds is 12. The van der Waals surface area contributed by atoms with E-state index in [0.717, 1.165) is 72.5 Å². The van der Waals surface area contributed by atoms with Crippen molar-refractivity contribution in [3.8, 4) is 5.75 Å². The molecule has 38 heavy (non-hydrogen) atoms. The van der Waals surface area contributed by atoms with Gasteiger partial charge in [0.25, 0.3) is 0 Å². The fourth-order valence-corrected chi connectivity index (χ4v) is 4.56. The third kappa shape index (κ3) is 7.78. The first kappa shape index (κ1) is 28.1. The molecule has 3 aromatic rings. The number of alkyl carbamates (subject to hydrolysis) is 1. The predicted octanol–water partition coefficient (Wildman–Crippen LogP) is 4.12. The van der Waals surface area contributed by atoms with Crippen LogP contribution in [0.2, 0.25) is 0 Å². The molecule has 3 heterocycles. The van der Waals surface area contributed by atoms with Crippen molar-refractivity contribution in [2.45, 2.75) is 52.2 Å². The van der Waals surface area contributed by atoms with Gasteiger partial charge in [-0.2, -0.15) is 0 Å². The highest BCUT2D eigenvalue weighted by atomic mass is 16.6. The van der Waals surface area contributed by atoms with Gasteiger partial charge in [-0.1, -0.05) is 0 Å². The standard InChI is InChI=1S/C28H40N4O6/c1-28(2,3)38-27(33)29-10-14-36-15-16-37-21-5-6-22-23(17-21)30-18-24-26(22)32(25(31-24)9-11-34-4)19-20-7-12-35-13-8-20/h5-6,17-18,20H,7-16,19H2,1-4H3,(H,29,33). The number of ether oxygens (including phenoxy) is 5. The number of imidazole rings is 1.